The van der Waals surface area contributed by atoms with Crippen LogP contribution in [0.1, 0.15) is 25.0 Å². The Labute approximate surface area is 119 Å². The van der Waals surface area contributed by atoms with Crippen LogP contribution < -0.4 is 10.1 Å². The van der Waals surface area contributed by atoms with Gasteiger partial charge in [-0.3, -0.25) is 0 Å². The molecule has 0 amide bonds. The molecule has 0 heterocycles. The first-order valence-electron chi connectivity index (χ1n) is 6.81. The van der Waals surface area contributed by atoms with Gasteiger partial charge in [0.15, 0.2) is 0 Å². The van der Waals surface area contributed by atoms with Gasteiger partial charge in [0, 0.05) is 24.2 Å². The van der Waals surface area contributed by atoms with Gasteiger partial charge in [-0.15, -0.1) is 0 Å². The van der Waals surface area contributed by atoms with Crippen molar-refractivity contribution in [2.45, 2.75) is 33.4 Å². The van der Waals surface area contributed by atoms with Crippen LogP contribution in [0, 0.1) is 12.7 Å². The lowest BCUT2D eigenvalue weighted by atomic mass is 10.2. The molecule has 0 aliphatic rings. The van der Waals surface area contributed by atoms with E-state index < -0.39 is 0 Å². The fourth-order valence-corrected chi connectivity index (χ4v) is 1.83. The van der Waals surface area contributed by atoms with E-state index in [2.05, 4.69) is 19.2 Å². The lowest BCUT2D eigenvalue weighted by molar-refractivity contribution is 0.464. The average molecular weight is 273 g/mol. The van der Waals surface area contributed by atoms with Gasteiger partial charge in [-0.05, 0) is 24.6 Å². The molecule has 20 heavy (non-hydrogen) atoms. The zero-order valence-corrected chi connectivity index (χ0v) is 12.1. The van der Waals surface area contributed by atoms with Gasteiger partial charge >= 0.3 is 0 Å². The van der Waals surface area contributed by atoms with Crippen molar-refractivity contribution in [3.8, 4) is 11.5 Å². The molecule has 0 radical (unpaired) electrons. The molecule has 0 bridgehead atoms. The van der Waals surface area contributed by atoms with Crippen molar-refractivity contribution in [1.82, 2.24) is 5.32 Å². The van der Waals surface area contributed by atoms with Crippen molar-refractivity contribution in [1.29, 1.82) is 0 Å². The molecule has 2 nitrogen and oxygen atoms in total. The number of rotatable bonds is 5. The van der Waals surface area contributed by atoms with Crippen LogP contribution in [0.25, 0.3) is 0 Å². The summed E-state index contributed by atoms with van der Waals surface area (Å²) in [6, 6.07) is 13.1. The first-order chi connectivity index (χ1) is 9.56. The van der Waals surface area contributed by atoms with Crippen LogP contribution in [-0.4, -0.2) is 6.04 Å². The van der Waals surface area contributed by atoms with Crippen LogP contribution in [0.2, 0.25) is 0 Å². The van der Waals surface area contributed by atoms with Crippen molar-refractivity contribution in [3.05, 3.63) is 59.4 Å². The Hall–Kier alpha value is -1.87. The molecule has 0 aliphatic heterocycles. The van der Waals surface area contributed by atoms with E-state index in [-0.39, 0.29) is 5.82 Å². The summed E-state index contributed by atoms with van der Waals surface area (Å²) in [5, 5.41) is 3.35. The monoisotopic (exact) mass is 273 g/mol. The molecule has 2 aromatic carbocycles. The molecule has 0 saturated carbocycles. The maximum atomic E-state index is 13.5. The van der Waals surface area contributed by atoms with Crippen molar-refractivity contribution in [2.75, 3.05) is 0 Å². The second-order valence-electron chi connectivity index (χ2n) is 5.16. The van der Waals surface area contributed by atoms with Crippen LogP contribution in [0.3, 0.4) is 0 Å². The van der Waals surface area contributed by atoms with Crippen molar-refractivity contribution in [2.24, 2.45) is 0 Å². The molecule has 2 rings (SSSR count). The Kier molecular flexibility index (Phi) is 4.74. The molecule has 0 unspecified atom stereocenters. The Bertz CT molecular complexity index is 581. The molecule has 0 atom stereocenters. The van der Waals surface area contributed by atoms with Crippen molar-refractivity contribution < 1.29 is 9.13 Å². The Balaban J connectivity index is 2.17. The summed E-state index contributed by atoms with van der Waals surface area (Å²) in [5.41, 5.74) is 1.68. The highest BCUT2D eigenvalue weighted by Gasteiger charge is 2.06. The Morgan fingerprint density at radius 1 is 1.15 bits per heavy atom. The van der Waals surface area contributed by atoms with Crippen LogP contribution in [0.4, 0.5) is 4.39 Å². The molecule has 106 valence electrons. The van der Waals surface area contributed by atoms with E-state index in [0.717, 1.165) is 17.9 Å². The smallest absolute Gasteiger partial charge is 0.131 e. The third kappa shape index (κ3) is 3.81. The lowest BCUT2D eigenvalue weighted by Gasteiger charge is -2.13. The molecule has 1 N–H and O–H groups in total. The van der Waals surface area contributed by atoms with Gasteiger partial charge in [-0.2, -0.15) is 0 Å². The van der Waals surface area contributed by atoms with Crippen LogP contribution >= 0.6 is 0 Å². The van der Waals surface area contributed by atoms with Gasteiger partial charge < -0.3 is 10.1 Å². The number of hydrogen-bond donors (Lipinski definition) is 1. The van der Waals surface area contributed by atoms with Gasteiger partial charge in [-0.1, -0.05) is 38.1 Å². The van der Waals surface area contributed by atoms with Gasteiger partial charge in [0.2, 0.25) is 0 Å². The minimum atomic E-state index is -0.250. The molecule has 0 fully saturated rings. The molecule has 0 aliphatic carbocycles. The molecule has 0 saturated heterocycles. The number of para-hydroxylation sites is 1. The highest BCUT2D eigenvalue weighted by molar-refractivity contribution is 5.38. The van der Waals surface area contributed by atoms with E-state index in [9.17, 15) is 4.39 Å². The zero-order valence-electron chi connectivity index (χ0n) is 12.1. The summed E-state index contributed by atoms with van der Waals surface area (Å²) in [5.74, 6) is 1.02. The normalized spacial score (nSPS) is 10.8. The summed E-state index contributed by atoms with van der Waals surface area (Å²) in [4.78, 5) is 0. The predicted molar refractivity (Wildman–Crippen MR) is 79.6 cm³/mol. The SMILES string of the molecule is Cc1ccc(Oc2ccccc2CNC(C)C)cc1F. The summed E-state index contributed by atoms with van der Waals surface area (Å²) < 4.78 is 19.3. The highest BCUT2D eigenvalue weighted by Crippen LogP contribution is 2.26. The molecular weight excluding hydrogens is 253 g/mol. The number of benzene rings is 2. The van der Waals surface area contributed by atoms with E-state index in [1.165, 1.54) is 6.07 Å². The predicted octanol–water partition coefficient (Wildman–Crippen LogP) is 4.42. The number of nitrogens with one attached hydrogen (secondary N) is 1. The third-order valence-electron chi connectivity index (χ3n) is 3.04. The fourth-order valence-electron chi connectivity index (χ4n) is 1.83. The van der Waals surface area contributed by atoms with E-state index in [1.807, 2.05) is 24.3 Å². The topological polar surface area (TPSA) is 21.3 Å². The summed E-state index contributed by atoms with van der Waals surface area (Å²) in [6.07, 6.45) is 0. The zero-order chi connectivity index (χ0) is 14.5. The Morgan fingerprint density at radius 3 is 2.60 bits per heavy atom. The fraction of sp³-hybridized carbons (Fsp3) is 0.294. The van der Waals surface area contributed by atoms with Crippen LogP contribution in [0.5, 0.6) is 11.5 Å². The highest BCUT2D eigenvalue weighted by atomic mass is 19.1. The quantitative estimate of drug-likeness (QED) is 0.870. The minimum absolute atomic E-state index is 0.250. The largest absolute Gasteiger partial charge is 0.457 e. The number of halogens is 1. The van der Waals surface area contributed by atoms with E-state index >= 15 is 0 Å². The van der Waals surface area contributed by atoms with Crippen molar-refractivity contribution >= 4 is 0 Å². The average Bonchev–Trinajstić information content (AvgIpc) is 2.42. The first kappa shape index (κ1) is 14.5. The van der Waals surface area contributed by atoms with E-state index in [4.69, 9.17) is 4.74 Å². The van der Waals surface area contributed by atoms with Gasteiger partial charge in [0.1, 0.15) is 17.3 Å². The lowest BCUT2D eigenvalue weighted by Crippen LogP contribution is -2.22. The Morgan fingerprint density at radius 2 is 1.90 bits per heavy atom. The van der Waals surface area contributed by atoms with E-state index in [1.54, 1.807) is 19.1 Å². The maximum Gasteiger partial charge on any atom is 0.131 e. The molecule has 0 spiro atoms. The number of aryl methyl sites for hydroxylation is 1. The van der Waals surface area contributed by atoms with Gasteiger partial charge in [0.05, 0.1) is 0 Å². The van der Waals surface area contributed by atoms with E-state index in [0.29, 0.717) is 17.4 Å². The minimum Gasteiger partial charge on any atom is -0.457 e. The molecule has 2 aromatic rings. The number of hydrogen-bond acceptors (Lipinski definition) is 2. The van der Waals surface area contributed by atoms with Crippen LogP contribution in [-0.2, 0) is 6.54 Å². The molecule has 0 aromatic heterocycles. The maximum absolute atomic E-state index is 13.5. The van der Waals surface area contributed by atoms with Crippen LogP contribution in [0.15, 0.2) is 42.5 Å². The number of ether oxygens (including phenoxy) is 1. The van der Waals surface area contributed by atoms with Gasteiger partial charge in [0.25, 0.3) is 0 Å². The molecule has 3 heteroatoms. The molecular formula is C17H20FNO. The standard InChI is InChI=1S/C17H20FNO/c1-12(2)19-11-14-6-4-5-7-17(14)20-15-9-8-13(3)16(18)10-15/h4-10,12,19H,11H2,1-3H3. The first-order valence-corrected chi connectivity index (χ1v) is 6.81. The second kappa shape index (κ2) is 6.53. The third-order valence-corrected chi connectivity index (χ3v) is 3.04. The summed E-state index contributed by atoms with van der Waals surface area (Å²) in [7, 11) is 0. The second-order valence-corrected chi connectivity index (χ2v) is 5.16. The summed E-state index contributed by atoms with van der Waals surface area (Å²) in [6.45, 7) is 6.65. The van der Waals surface area contributed by atoms with Gasteiger partial charge in [-0.25, -0.2) is 4.39 Å². The van der Waals surface area contributed by atoms with Crippen molar-refractivity contribution in [3.63, 3.8) is 0 Å². The summed E-state index contributed by atoms with van der Waals surface area (Å²) >= 11 is 0.